The summed E-state index contributed by atoms with van der Waals surface area (Å²) in [5.74, 6) is 1.21. The molecule has 0 N–H and O–H groups in total. The number of aromatic nitrogens is 2. The van der Waals surface area contributed by atoms with Gasteiger partial charge in [-0.15, -0.1) is 0 Å². The molecule has 0 atom stereocenters. The molecule has 0 saturated carbocycles. The van der Waals surface area contributed by atoms with Crippen molar-refractivity contribution in [2.75, 3.05) is 13.6 Å². The van der Waals surface area contributed by atoms with Crippen LogP contribution < -0.4 is 0 Å². The fourth-order valence-electron chi connectivity index (χ4n) is 2.31. The molecule has 0 unspecified atom stereocenters. The van der Waals surface area contributed by atoms with Gasteiger partial charge in [-0.2, -0.15) is 4.98 Å². The number of hydrogen-bond donors (Lipinski definition) is 0. The number of hydrogen-bond acceptors (Lipinski definition) is 4. The molecule has 3 aromatic rings. The quantitative estimate of drug-likeness (QED) is 0.684. The summed E-state index contributed by atoms with van der Waals surface area (Å²) in [7, 11) is 2.05. The van der Waals surface area contributed by atoms with Crippen molar-refractivity contribution in [1.29, 1.82) is 0 Å². The molecule has 0 radical (unpaired) electrons. The van der Waals surface area contributed by atoms with Gasteiger partial charge in [0.25, 0.3) is 0 Å². The number of nitrogens with zero attached hydrogens (tertiary/aromatic N) is 3. The topological polar surface area (TPSA) is 42.2 Å². The summed E-state index contributed by atoms with van der Waals surface area (Å²) in [6.07, 6.45) is 0.996. The molecule has 23 heavy (non-hydrogen) atoms. The zero-order valence-electron chi connectivity index (χ0n) is 12.9. The Bertz CT molecular complexity index is 740. The monoisotopic (exact) mass is 327 g/mol. The Balaban J connectivity index is 1.57. The first-order valence-electron chi connectivity index (χ1n) is 7.52. The lowest BCUT2D eigenvalue weighted by Gasteiger charge is -2.13. The van der Waals surface area contributed by atoms with Crippen molar-refractivity contribution in [3.8, 4) is 11.4 Å². The molecule has 4 nitrogen and oxygen atoms in total. The van der Waals surface area contributed by atoms with Crippen molar-refractivity contribution in [2.24, 2.45) is 0 Å². The zero-order valence-corrected chi connectivity index (χ0v) is 13.7. The van der Waals surface area contributed by atoms with E-state index in [1.165, 1.54) is 5.56 Å². The highest BCUT2D eigenvalue weighted by atomic mass is 35.5. The van der Waals surface area contributed by atoms with E-state index in [1.807, 2.05) is 30.3 Å². The first kappa shape index (κ1) is 15.7. The van der Waals surface area contributed by atoms with Gasteiger partial charge in [0.15, 0.2) is 0 Å². The lowest BCUT2D eigenvalue weighted by molar-refractivity contribution is 0.269. The summed E-state index contributed by atoms with van der Waals surface area (Å²) in [5.41, 5.74) is 2.23. The highest BCUT2D eigenvalue weighted by Gasteiger charge is 2.10. The molecule has 1 heterocycles. The Hall–Kier alpha value is -2.17. The number of benzene rings is 2. The molecule has 5 heteroatoms. The third-order valence-corrected chi connectivity index (χ3v) is 3.85. The van der Waals surface area contributed by atoms with Crippen LogP contribution >= 0.6 is 11.6 Å². The molecule has 0 spiro atoms. The lowest BCUT2D eigenvalue weighted by atomic mass is 10.1. The minimum atomic E-state index is 0.591. The van der Waals surface area contributed by atoms with Crippen molar-refractivity contribution >= 4 is 11.6 Å². The van der Waals surface area contributed by atoms with E-state index in [1.54, 1.807) is 0 Å². The van der Waals surface area contributed by atoms with Crippen LogP contribution in [-0.2, 0) is 13.0 Å². The summed E-state index contributed by atoms with van der Waals surface area (Å²) in [4.78, 5) is 6.62. The maximum Gasteiger partial charge on any atom is 0.241 e. The van der Waals surface area contributed by atoms with Crippen molar-refractivity contribution in [3.05, 3.63) is 71.1 Å². The highest BCUT2D eigenvalue weighted by Crippen LogP contribution is 2.19. The van der Waals surface area contributed by atoms with Crippen LogP contribution in [0.4, 0.5) is 0 Å². The Morgan fingerprint density at radius 1 is 1.04 bits per heavy atom. The maximum absolute atomic E-state index is 5.89. The predicted octanol–water partition coefficient (Wildman–Crippen LogP) is 4.06. The van der Waals surface area contributed by atoms with Crippen molar-refractivity contribution in [2.45, 2.75) is 13.0 Å². The van der Waals surface area contributed by atoms with Gasteiger partial charge in [0.2, 0.25) is 11.7 Å². The van der Waals surface area contributed by atoms with Crippen LogP contribution in [0.2, 0.25) is 5.02 Å². The molecular formula is C18H18ClN3O. The van der Waals surface area contributed by atoms with Crippen molar-refractivity contribution < 1.29 is 4.52 Å². The van der Waals surface area contributed by atoms with Gasteiger partial charge in [-0.1, -0.05) is 47.1 Å². The minimum absolute atomic E-state index is 0.591. The van der Waals surface area contributed by atoms with E-state index in [2.05, 4.69) is 46.4 Å². The molecule has 3 rings (SSSR count). The smallest absolute Gasteiger partial charge is 0.241 e. The second-order valence-corrected chi connectivity index (χ2v) is 5.93. The van der Waals surface area contributed by atoms with Crippen molar-refractivity contribution in [1.82, 2.24) is 15.0 Å². The number of rotatable bonds is 6. The predicted molar refractivity (Wildman–Crippen MR) is 91.2 cm³/mol. The normalized spacial score (nSPS) is 11.1. The van der Waals surface area contributed by atoms with Gasteiger partial charge in [-0.05, 0) is 43.3 Å². The molecule has 0 amide bonds. The average molecular weight is 328 g/mol. The molecule has 118 valence electrons. The van der Waals surface area contributed by atoms with Gasteiger partial charge < -0.3 is 4.52 Å². The van der Waals surface area contributed by atoms with E-state index >= 15 is 0 Å². The molecule has 2 aromatic carbocycles. The van der Waals surface area contributed by atoms with Crippen LogP contribution in [0.3, 0.4) is 0 Å². The third kappa shape index (κ3) is 4.41. The zero-order chi connectivity index (χ0) is 16.1. The largest absolute Gasteiger partial charge is 0.338 e. The van der Waals surface area contributed by atoms with Gasteiger partial charge in [-0.3, -0.25) is 4.90 Å². The fourth-order valence-corrected chi connectivity index (χ4v) is 2.44. The molecule has 0 bridgehead atoms. The fraction of sp³-hybridized carbons (Fsp3) is 0.222. The first-order valence-corrected chi connectivity index (χ1v) is 7.89. The summed E-state index contributed by atoms with van der Waals surface area (Å²) in [6, 6.07) is 17.8. The van der Waals surface area contributed by atoms with E-state index in [-0.39, 0.29) is 0 Å². The summed E-state index contributed by atoms with van der Waals surface area (Å²) in [6.45, 7) is 1.57. The van der Waals surface area contributed by atoms with Crippen molar-refractivity contribution in [3.63, 3.8) is 0 Å². The van der Waals surface area contributed by atoms with Gasteiger partial charge in [0, 0.05) is 17.1 Å². The SMILES string of the molecule is CN(CCc1ccccc1)Cc1nc(-c2ccc(Cl)cc2)no1. The molecular weight excluding hydrogens is 310 g/mol. The Kier molecular flexibility index (Phi) is 5.05. The van der Waals surface area contributed by atoms with Crippen LogP contribution in [0.1, 0.15) is 11.5 Å². The lowest BCUT2D eigenvalue weighted by Crippen LogP contribution is -2.20. The second kappa shape index (κ2) is 7.40. The van der Waals surface area contributed by atoms with Gasteiger partial charge in [0.05, 0.1) is 6.54 Å². The van der Waals surface area contributed by atoms with Crippen LogP contribution in [0.5, 0.6) is 0 Å². The molecule has 0 aliphatic carbocycles. The van der Waals surface area contributed by atoms with E-state index < -0.39 is 0 Å². The second-order valence-electron chi connectivity index (χ2n) is 5.49. The molecule has 0 fully saturated rings. The number of likely N-dealkylation sites (N-methyl/N-ethyl adjacent to an activating group) is 1. The minimum Gasteiger partial charge on any atom is -0.338 e. The van der Waals surface area contributed by atoms with Gasteiger partial charge in [-0.25, -0.2) is 0 Å². The van der Waals surface area contributed by atoms with E-state index in [0.29, 0.717) is 23.3 Å². The molecule has 0 aliphatic rings. The summed E-state index contributed by atoms with van der Waals surface area (Å²) < 4.78 is 5.34. The maximum atomic E-state index is 5.89. The standard InChI is InChI=1S/C18H18ClN3O/c1-22(12-11-14-5-3-2-4-6-14)13-17-20-18(21-23-17)15-7-9-16(19)10-8-15/h2-10H,11-13H2,1H3. The van der Waals surface area contributed by atoms with E-state index in [4.69, 9.17) is 16.1 Å². The molecule has 0 aliphatic heterocycles. The van der Waals surface area contributed by atoms with Gasteiger partial charge in [0.1, 0.15) is 0 Å². The molecule has 0 saturated heterocycles. The van der Waals surface area contributed by atoms with Crippen LogP contribution in [0.25, 0.3) is 11.4 Å². The van der Waals surface area contributed by atoms with Gasteiger partial charge >= 0.3 is 0 Å². The van der Waals surface area contributed by atoms with Crippen LogP contribution in [0, 0.1) is 0 Å². The van der Waals surface area contributed by atoms with Crippen LogP contribution in [0.15, 0.2) is 59.1 Å². The highest BCUT2D eigenvalue weighted by molar-refractivity contribution is 6.30. The summed E-state index contributed by atoms with van der Waals surface area (Å²) >= 11 is 5.89. The van der Waals surface area contributed by atoms with E-state index in [9.17, 15) is 0 Å². The first-order chi connectivity index (χ1) is 11.2. The Morgan fingerprint density at radius 2 is 1.78 bits per heavy atom. The van der Waals surface area contributed by atoms with Crippen LogP contribution in [-0.4, -0.2) is 28.6 Å². The Labute approximate surface area is 140 Å². The Morgan fingerprint density at radius 3 is 2.52 bits per heavy atom. The average Bonchev–Trinajstić information content (AvgIpc) is 3.03. The molecule has 1 aromatic heterocycles. The summed E-state index contributed by atoms with van der Waals surface area (Å²) in [5, 5.41) is 4.72. The third-order valence-electron chi connectivity index (χ3n) is 3.60. The number of halogens is 1. The van der Waals surface area contributed by atoms with E-state index in [0.717, 1.165) is 18.5 Å².